The lowest BCUT2D eigenvalue weighted by atomic mass is 10.1. The molecular weight excluding hydrogens is 360 g/mol. The van der Waals surface area contributed by atoms with Crippen LogP contribution in [0, 0.1) is 20.8 Å². The van der Waals surface area contributed by atoms with Gasteiger partial charge in [-0.2, -0.15) is 0 Å². The Morgan fingerprint density at radius 3 is 2.19 bits per heavy atom. The molecule has 1 amide bonds. The molecule has 0 heterocycles. The molecule has 0 radical (unpaired) electrons. The number of nitrogens with zero attached hydrogens (tertiary/aromatic N) is 1. The maximum Gasteiger partial charge on any atom is 0.244 e. The third-order valence-corrected chi connectivity index (χ3v) is 5.68. The van der Waals surface area contributed by atoms with Gasteiger partial charge in [0.05, 0.1) is 11.9 Å². The first-order valence-corrected chi connectivity index (χ1v) is 10.9. The monoisotopic (exact) mass is 388 g/mol. The fourth-order valence-corrected chi connectivity index (χ4v) is 4.44. The second-order valence-electron chi connectivity index (χ2n) is 6.97. The van der Waals surface area contributed by atoms with Gasteiger partial charge in [0.15, 0.2) is 0 Å². The maximum atomic E-state index is 12.9. The zero-order valence-electron chi connectivity index (χ0n) is 16.6. The Hall–Kier alpha value is -2.34. The maximum absolute atomic E-state index is 12.9. The molecule has 5 nitrogen and oxygen atoms in total. The van der Waals surface area contributed by atoms with Gasteiger partial charge in [-0.05, 0) is 61.6 Å². The van der Waals surface area contributed by atoms with Crippen LogP contribution in [0.1, 0.15) is 35.6 Å². The van der Waals surface area contributed by atoms with E-state index in [4.69, 9.17) is 0 Å². The Bertz CT molecular complexity index is 903. The molecule has 2 aromatic carbocycles. The second kappa shape index (κ2) is 8.57. The highest BCUT2D eigenvalue weighted by Gasteiger charge is 2.31. The first kappa shape index (κ1) is 21.0. The van der Waals surface area contributed by atoms with E-state index < -0.39 is 16.1 Å². The molecule has 0 aromatic heterocycles. The van der Waals surface area contributed by atoms with E-state index in [9.17, 15) is 13.2 Å². The van der Waals surface area contributed by atoms with E-state index in [1.165, 1.54) is 4.31 Å². The zero-order valence-corrected chi connectivity index (χ0v) is 17.4. The summed E-state index contributed by atoms with van der Waals surface area (Å²) in [6.45, 7) is 7.99. The molecule has 0 bridgehead atoms. The lowest BCUT2D eigenvalue weighted by molar-refractivity contribution is -0.122. The second-order valence-corrected chi connectivity index (χ2v) is 8.83. The highest BCUT2D eigenvalue weighted by molar-refractivity contribution is 7.92. The summed E-state index contributed by atoms with van der Waals surface area (Å²) in [6.07, 6.45) is 1.52. The third kappa shape index (κ3) is 5.32. The van der Waals surface area contributed by atoms with Crippen LogP contribution in [0.5, 0.6) is 0 Å². The number of rotatable bonds is 7. The van der Waals surface area contributed by atoms with Crippen LogP contribution in [0.4, 0.5) is 5.69 Å². The molecule has 1 N–H and O–H groups in total. The van der Waals surface area contributed by atoms with E-state index in [1.807, 2.05) is 58.0 Å². The lowest BCUT2D eigenvalue weighted by Crippen LogP contribution is -2.49. The first-order valence-electron chi connectivity index (χ1n) is 9.03. The molecule has 2 aromatic rings. The van der Waals surface area contributed by atoms with Crippen molar-refractivity contribution in [3.05, 3.63) is 64.7 Å². The van der Waals surface area contributed by atoms with Crippen molar-refractivity contribution in [2.24, 2.45) is 0 Å². The van der Waals surface area contributed by atoms with Crippen molar-refractivity contribution in [2.75, 3.05) is 10.6 Å². The van der Waals surface area contributed by atoms with Crippen molar-refractivity contribution >= 4 is 21.6 Å². The summed E-state index contributed by atoms with van der Waals surface area (Å²) in [5.74, 6) is -0.301. The molecule has 27 heavy (non-hydrogen) atoms. The minimum Gasteiger partial charge on any atom is -0.350 e. The molecule has 0 aliphatic rings. The van der Waals surface area contributed by atoms with Crippen LogP contribution in [0.25, 0.3) is 0 Å². The molecule has 0 saturated heterocycles. The van der Waals surface area contributed by atoms with Crippen molar-refractivity contribution in [1.82, 2.24) is 5.32 Å². The van der Waals surface area contributed by atoms with Crippen LogP contribution >= 0.6 is 0 Å². The van der Waals surface area contributed by atoms with Gasteiger partial charge in [-0.3, -0.25) is 9.10 Å². The molecule has 146 valence electrons. The summed E-state index contributed by atoms with van der Waals surface area (Å²) in [5.41, 5.74) is 4.52. The fourth-order valence-electron chi connectivity index (χ4n) is 3.25. The SMILES string of the molecule is CCC(C(=O)NCc1ccccc1C)N(c1cc(C)cc(C)c1)S(C)(=O)=O. The molecule has 1 atom stereocenters. The quantitative estimate of drug-likeness (QED) is 0.790. The summed E-state index contributed by atoms with van der Waals surface area (Å²) in [6, 6.07) is 12.6. The van der Waals surface area contributed by atoms with Gasteiger partial charge in [-0.15, -0.1) is 0 Å². The van der Waals surface area contributed by atoms with Crippen LogP contribution in [0.15, 0.2) is 42.5 Å². The van der Waals surface area contributed by atoms with E-state index in [0.717, 1.165) is 28.5 Å². The summed E-state index contributed by atoms with van der Waals surface area (Å²) in [4.78, 5) is 12.9. The Balaban J connectivity index is 2.32. The van der Waals surface area contributed by atoms with E-state index in [2.05, 4.69) is 5.32 Å². The number of carbonyl (C=O) groups is 1. The highest BCUT2D eigenvalue weighted by Crippen LogP contribution is 2.25. The zero-order chi connectivity index (χ0) is 20.2. The van der Waals surface area contributed by atoms with Crippen molar-refractivity contribution in [3.63, 3.8) is 0 Å². The Labute approximate surface area is 162 Å². The summed E-state index contributed by atoms with van der Waals surface area (Å²) in [7, 11) is -3.63. The molecule has 2 rings (SSSR count). The van der Waals surface area contributed by atoms with Gasteiger partial charge in [0.1, 0.15) is 6.04 Å². The number of amides is 1. The lowest BCUT2D eigenvalue weighted by Gasteiger charge is -2.30. The van der Waals surface area contributed by atoms with Gasteiger partial charge in [-0.25, -0.2) is 8.42 Å². The molecular formula is C21H28N2O3S. The summed E-state index contributed by atoms with van der Waals surface area (Å²) in [5, 5.41) is 2.90. The average Bonchev–Trinajstić information content (AvgIpc) is 2.56. The van der Waals surface area contributed by atoms with Gasteiger partial charge >= 0.3 is 0 Å². The number of sulfonamides is 1. The predicted octanol–water partition coefficient (Wildman–Crippen LogP) is 3.47. The van der Waals surface area contributed by atoms with E-state index in [1.54, 1.807) is 12.1 Å². The first-order chi connectivity index (χ1) is 12.6. The van der Waals surface area contributed by atoms with E-state index in [-0.39, 0.29) is 5.91 Å². The highest BCUT2D eigenvalue weighted by atomic mass is 32.2. The number of hydrogen-bond acceptors (Lipinski definition) is 3. The van der Waals surface area contributed by atoms with Crippen LogP contribution in [0.3, 0.4) is 0 Å². The van der Waals surface area contributed by atoms with E-state index in [0.29, 0.717) is 18.7 Å². The minimum atomic E-state index is -3.63. The van der Waals surface area contributed by atoms with E-state index >= 15 is 0 Å². The van der Waals surface area contributed by atoms with Gasteiger partial charge in [-0.1, -0.05) is 37.3 Å². The molecule has 0 aliphatic carbocycles. The van der Waals surface area contributed by atoms with Crippen molar-refractivity contribution in [1.29, 1.82) is 0 Å². The predicted molar refractivity (Wildman–Crippen MR) is 110 cm³/mol. The standard InChI is InChI=1S/C21H28N2O3S/c1-6-20(21(24)22-14-18-10-8-7-9-17(18)4)23(27(5,25)26)19-12-15(2)11-16(3)13-19/h7-13,20H,6,14H2,1-5H3,(H,22,24). The number of carbonyl (C=O) groups excluding carboxylic acids is 1. The van der Waals surface area contributed by atoms with Gasteiger partial charge in [0.2, 0.25) is 15.9 Å². The number of nitrogens with one attached hydrogen (secondary N) is 1. The molecule has 6 heteroatoms. The Morgan fingerprint density at radius 1 is 1.07 bits per heavy atom. The number of anilines is 1. The Morgan fingerprint density at radius 2 is 1.67 bits per heavy atom. The van der Waals surface area contributed by atoms with Crippen molar-refractivity contribution in [3.8, 4) is 0 Å². The normalized spacial score (nSPS) is 12.5. The third-order valence-electron chi connectivity index (χ3n) is 4.50. The topological polar surface area (TPSA) is 66.5 Å². The summed E-state index contributed by atoms with van der Waals surface area (Å²) < 4.78 is 26.3. The van der Waals surface area contributed by atoms with Crippen LogP contribution in [-0.2, 0) is 21.4 Å². The number of aryl methyl sites for hydroxylation is 3. The van der Waals surface area contributed by atoms with Gasteiger partial charge < -0.3 is 5.32 Å². The smallest absolute Gasteiger partial charge is 0.244 e. The average molecular weight is 389 g/mol. The van der Waals surface area contributed by atoms with Gasteiger partial charge in [0, 0.05) is 6.54 Å². The summed E-state index contributed by atoms with van der Waals surface area (Å²) >= 11 is 0. The van der Waals surface area contributed by atoms with Crippen LogP contribution in [-0.4, -0.2) is 26.6 Å². The molecule has 1 unspecified atom stereocenters. The molecule has 0 aliphatic heterocycles. The molecule has 0 spiro atoms. The molecule has 0 saturated carbocycles. The molecule has 0 fully saturated rings. The van der Waals surface area contributed by atoms with Gasteiger partial charge in [0.25, 0.3) is 0 Å². The Kier molecular flexibility index (Phi) is 6.65. The van der Waals surface area contributed by atoms with Crippen molar-refractivity contribution in [2.45, 2.75) is 46.7 Å². The number of hydrogen-bond donors (Lipinski definition) is 1. The van der Waals surface area contributed by atoms with Crippen LogP contribution in [0.2, 0.25) is 0 Å². The minimum absolute atomic E-state index is 0.301. The van der Waals surface area contributed by atoms with Crippen molar-refractivity contribution < 1.29 is 13.2 Å². The fraction of sp³-hybridized carbons (Fsp3) is 0.381. The van der Waals surface area contributed by atoms with Crippen LogP contribution < -0.4 is 9.62 Å². The number of benzene rings is 2. The largest absolute Gasteiger partial charge is 0.350 e.